The van der Waals surface area contributed by atoms with E-state index < -0.39 is 0 Å². The van der Waals surface area contributed by atoms with Crippen LogP contribution in [0.5, 0.6) is 23.0 Å². The second kappa shape index (κ2) is 9.40. The van der Waals surface area contributed by atoms with Gasteiger partial charge in [0, 0.05) is 17.1 Å². The molecule has 1 unspecified atom stereocenters. The summed E-state index contributed by atoms with van der Waals surface area (Å²) in [5, 5.41) is 10.0. The Bertz CT molecular complexity index is 1120. The van der Waals surface area contributed by atoms with Gasteiger partial charge in [-0.1, -0.05) is 17.7 Å². The van der Waals surface area contributed by atoms with Crippen molar-refractivity contribution in [2.75, 3.05) is 27.4 Å². The average molecular weight is 454 g/mol. The Labute approximate surface area is 191 Å². The summed E-state index contributed by atoms with van der Waals surface area (Å²) in [7, 11) is 3.19. The summed E-state index contributed by atoms with van der Waals surface area (Å²) in [5.41, 5.74) is 2.55. The van der Waals surface area contributed by atoms with Gasteiger partial charge in [0.1, 0.15) is 18.1 Å². The van der Waals surface area contributed by atoms with E-state index in [9.17, 15) is 9.90 Å². The molecular weight excluding hydrogens is 430 g/mol. The maximum absolute atomic E-state index is 13.4. The molecule has 6 nitrogen and oxygen atoms in total. The van der Waals surface area contributed by atoms with Crippen LogP contribution < -0.4 is 14.2 Å². The molecule has 1 aliphatic heterocycles. The molecule has 1 N–H and O–H groups in total. The molecule has 0 aliphatic carbocycles. The number of phenolic OH excluding ortho intramolecular Hbond substituents is 1. The number of carbonyl (C=O) groups excluding carboxylic acids is 1. The van der Waals surface area contributed by atoms with Crippen molar-refractivity contribution in [1.82, 2.24) is 4.90 Å². The zero-order chi connectivity index (χ0) is 22.7. The van der Waals surface area contributed by atoms with Crippen LogP contribution in [0.1, 0.15) is 27.5 Å². The highest BCUT2D eigenvalue weighted by molar-refractivity contribution is 6.30. The van der Waals surface area contributed by atoms with Gasteiger partial charge in [-0.05, 0) is 72.1 Å². The molecule has 0 saturated carbocycles. The smallest absolute Gasteiger partial charge is 0.254 e. The minimum atomic E-state index is -0.348. The number of hydrogen-bond donors (Lipinski definition) is 1. The summed E-state index contributed by atoms with van der Waals surface area (Å²) in [4.78, 5) is 15.2. The zero-order valence-corrected chi connectivity index (χ0v) is 18.6. The first-order valence-corrected chi connectivity index (χ1v) is 10.6. The summed E-state index contributed by atoms with van der Waals surface area (Å²) in [6.07, 6.45) is 0.678. The van der Waals surface area contributed by atoms with Gasteiger partial charge < -0.3 is 24.2 Å². The van der Waals surface area contributed by atoms with E-state index in [2.05, 4.69) is 0 Å². The standard InChI is InChI=1S/C25H24ClNO5/c1-30-23-13-16-10-11-27(25(29)17-4-3-5-18(26)12-17)22(21(16)14-24(23)31-2)15-32-20-8-6-19(28)7-9-20/h3-9,12-14,22,28H,10-11,15H2,1-2H3. The highest BCUT2D eigenvalue weighted by atomic mass is 35.5. The summed E-state index contributed by atoms with van der Waals surface area (Å²) in [6, 6.07) is 17.0. The number of halogens is 1. The van der Waals surface area contributed by atoms with Gasteiger partial charge in [-0.3, -0.25) is 4.79 Å². The van der Waals surface area contributed by atoms with E-state index in [1.165, 1.54) is 0 Å². The molecule has 166 valence electrons. The number of amides is 1. The van der Waals surface area contributed by atoms with Crippen molar-refractivity contribution in [1.29, 1.82) is 0 Å². The number of phenols is 1. The van der Waals surface area contributed by atoms with Crippen LogP contribution in [0, 0.1) is 0 Å². The fourth-order valence-electron chi connectivity index (χ4n) is 3.96. The third kappa shape index (κ3) is 4.46. The number of rotatable bonds is 6. The quantitative estimate of drug-likeness (QED) is 0.576. The van der Waals surface area contributed by atoms with Crippen molar-refractivity contribution in [3.05, 3.63) is 82.4 Å². The molecule has 3 aromatic carbocycles. The fraction of sp³-hybridized carbons (Fsp3) is 0.240. The number of benzene rings is 3. The zero-order valence-electron chi connectivity index (χ0n) is 17.9. The number of carbonyl (C=O) groups is 1. The summed E-state index contributed by atoms with van der Waals surface area (Å²) in [6.45, 7) is 0.761. The fourth-order valence-corrected chi connectivity index (χ4v) is 4.15. The highest BCUT2D eigenvalue weighted by Gasteiger charge is 2.33. The molecule has 0 aromatic heterocycles. The van der Waals surface area contributed by atoms with E-state index in [4.69, 9.17) is 25.8 Å². The van der Waals surface area contributed by atoms with Crippen molar-refractivity contribution in [2.24, 2.45) is 0 Å². The Morgan fingerprint density at radius 1 is 1.06 bits per heavy atom. The van der Waals surface area contributed by atoms with Crippen LogP contribution in [-0.4, -0.2) is 43.3 Å². The van der Waals surface area contributed by atoms with Crippen LogP contribution >= 0.6 is 11.6 Å². The van der Waals surface area contributed by atoms with Gasteiger partial charge in [0.05, 0.1) is 20.3 Å². The van der Waals surface area contributed by atoms with E-state index in [0.29, 0.717) is 40.8 Å². The largest absolute Gasteiger partial charge is 0.508 e. The lowest BCUT2D eigenvalue weighted by Gasteiger charge is -2.37. The number of hydrogen-bond acceptors (Lipinski definition) is 5. The first kappa shape index (κ1) is 21.8. The Morgan fingerprint density at radius 2 is 1.78 bits per heavy atom. The Kier molecular flexibility index (Phi) is 6.42. The third-order valence-electron chi connectivity index (χ3n) is 5.58. The maximum atomic E-state index is 13.4. The van der Waals surface area contributed by atoms with Gasteiger partial charge in [-0.2, -0.15) is 0 Å². The summed E-state index contributed by atoms with van der Waals surface area (Å²) < 4.78 is 17.0. The van der Waals surface area contributed by atoms with Crippen LogP contribution in [-0.2, 0) is 6.42 Å². The van der Waals surface area contributed by atoms with Crippen LogP contribution in [0.2, 0.25) is 5.02 Å². The van der Waals surface area contributed by atoms with E-state index in [1.807, 2.05) is 12.1 Å². The Balaban J connectivity index is 1.70. The molecule has 7 heteroatoms. The predicted octanol–water partition coefficient (Wildman–Crippen LogP) is 4.88. The average Bonchev–Trinajstić information content (AvgIpc) is 2.82. The molecular formula is C25H24ClNO5. The van der Waals surface area contributed by atoms with Crippen LogP contribution in [0.4, 0.5) is 0 Å². The minimum absolute atomic E-state index is 0.118. The molecule has 1 aliphatic rings. The molecule has 1 heterocycles. The molecule has 0 fully saturated rings. The van der Waals surface area contributed by atoms with Crippen molar-refractivity contribution in [3.8, 4) is 23.0 Å². The Morgan fingerprint density at radius 3 is 2.47 bits per heavy atom. The first-order chi connectivity index (χ1) is 15.5. The van der Waals surface area contributed by atoms with Crippen molar-refractivity contribution in [2.45, 2.75) is 12.5 Å². The lowest BCUT2D eigenvalue weighted by Crippen LogP contribution is -2.42. The first-order valence-electron chi connectivity index (χ1n) is 10.2. The van der Waals surface area contributed by atoms with Crippen LogP contribution in [0.15, 0.2) is 60.7 Å². The molecule has 3 aromatic rings. The minimum Gasteiger partial charge on any atom is -0.508 e. The number of ether oxygens (including phenoxy) is 3. The normalized spacial score (nSPS) is 15.1. The second-order valence-electron chi connectivity index (χ2n) is 7.49. The second-order valence-corrected chi connectivity index (χ2v) is 7.92. The number of aromatic hydroxyl groups is 1. The van der Waals surface area contributed by atoms with Gasteiger partial charge in [0.15, 0.2) is 11.5 Å². The van der Waals surface area contributed by atoms with E-state index in [0.717, 1.165) is 11.1 Å². The molecule has 0 spiro atoms. The van der Waals surface area contributed by atoms with Crippen molar-refractivity contribution < 1.29 is 24.1 Å². The molecule has 4 rings (SSSR count). The number of methoxy groups -OCH3 is 2. The lowest BCUT2D eigenvalue weighted by atomic mass is 9.91. The summed E-state index contributed by atoms with van der Waals surface area (Å²) >= 11 is 6.13. The summed E-state index contributed by atoms with van der Waals surface area (Å²) in [5.74, 6) is 1.89. The van der Waals surface area contributed by atoms with E-state index >= 15 is 0 Å². The maximum Gasteiger partial charge on any atom is 0.254 e. The van der Waals surface area contributed by atoms with Gasteiger partial charge in [0.25, 0.3) is 5.91 Å². The number of fused-ring (bicyclic) bond motifs is 1. The molecule has 0 saturated heterocycles. The molecule has 0 bridgehead atoms. The van der Waals surface area contributed by atoms with Crippen molar-refractivity contribution in [3.63, 3.8) is 0 Å². The highest BCUT2D eigenvalue weighted by Crippen LogP contribution is 2.39. The molecule has 32 heavy (non-hydrogen) atoms. The van der Waals surface area contributed by atoms with Gasteiger partial charge in [0.2, 0.25) is 0 Å². The lowest BCUT2D eigenvalue weighted by molar-refractivity contribution is 0.0589. The van der Waals surface area contributed by atoms with Crippen molar-refractivity contribution >= 4 is 17.5 Å². The Hall–Kier alpha value is -3.38. The topological polar surface area (TPSA) is 68.2 Å². The van der Waals surface area contributed by atoms with Gasteiger partial charge in [-0.15, -0.1) is 0 Å². The van der Waals surface area contributed by atoms with Gasteiger partial charge in [-0.25, -0.2) is 0 Å². The molecule has 1 atom stereocenters. The SMILES string of the molecule is COc1cc2c(cc1OC)C(COc1ccc(O)cc1)N(C(=O)c1cccc(Cl)c1)CC2. The van der Waals surface area contributed by atoms with E-state index in [1.54, 1.807) is 67.7 Å². The van der Waals surface area contributed by atoms with Gasteiger partial charge >= 0.3 is 0 Å². The molecule has 1 amide bonds. The molecule has 0 radical (unpaired) electrons. The number of nitrogens with zero attached hydrogens (tertiary/aromatic N) is 1. The predicted molar refractivity (Wildman–Crippen MR) is 122 cm³/mol. The van der Waals surface area contributed by atoms with Crippen LogP contribution in [0.25, 0.3) is 0 Å². The van der Waals surface area contributed by atoms with Crippen LogP contribution in [0.3, 0.4) is 0 Å². The third-order valence-corrected chi connectivity index (χ3v) is 5.81. The van der Waals surface area contributed by atoms with E-state index in [-0.39, 0.29) is 24.3 Å². The monoisotopic (exact) mass is 453 g/mol.